The summed E-state index contributed by atoms with van der Waals surface area (Å²) in [6, 6.07) is 7.40. The lowest BCUT2D eigenvalue weighted by molar-refractivity contribution is 0.199. The second-order valence-corrected chi connectivity index (χ2v) is 8.77. The summed E-state index contributed by atoms with van der Waals surface area (Å²) in [7, 11) is 2.29. The van der Waals surface area contributed by atoms with Crippen LogP contribution in [0.4, 0.5) is 0 Å². The van der Waals surface area contributed by atoms with Crippen molar-refractivity contribution in [3.63, 3.8) is 0 Å². The average Bonchev–Trinajstić information content (AvgIpc) is 2.76. The van der Waals surface area contributed by atoms with Gasteiger partial charge in [0.15, 0.2) is 0 Å². The maximum absolute atomic E-state index is 6.29. The third-order valence-corrected chi connectivity index (χ3v) is 5.13. The maximum atomic E-state index is 6.29. The summed E-state index contributed by atoms with van der Waals surface area (Å²) in [4.78, 5) is 2.56. The second kappa shape index (κ2) is 8.38. The van der Waals surface area contributed by atoms with Gasteiger partial charge in [0.05, 0.1) is 6.10 Å². The molecule has 1 aliphatic carbocycles. The molecule has 2 heteroatoms. The van der Waals surface area contributed by atoms with Gasteiger partial charge in [-0.05, 0) is 44.7 Å². The molecule has 0 heterocycles. The zero-order valence-corrected chi connectivity index (χ0v) is 16.7. The van der Waals surface area contributed by atoms with Gasteiger partial charge in [-0.2, -0.15) is 0 Å². The van der Waals surface area contributed by atoms with Crippen molar-refractivity contribution in [3.8, 4) is 5.75 Å². The van der Waals surface area contributed by atoms with Crippen molar-refractivity contribution >= 4 is 0 Å². The van der Waals surface area contributed by atoms with Crippen LogP contribution in [0, 0.1) is 0 Å². The fraction of sp³-hybridized carbons (Fsp3) is 0.727. The highest BCUT2D eigenvalue weighted by Gasteiger charge is 2.24. The van der Waals surface area contributed by atoms with Crippen LogP contribution in [0.15, 0.2) is 18.2 Å². The van der Waals surface area contributed by atoms with Gasteiger partial charge in [0.1, 0.15) is 5.75 Å². The second-order valence-electron chi connectivity index (χ2n) is 8.77. The van der Waals surface area contributed by atoms with Gasteiger partial charge in [-0.15, -0.1) is 0 Å². The molecule has 1 fully saturated rings. The molecule has 136 valence electrons. The van der Waals surface area contributed by atoms with E-state index in [4.69, 9.17) is 4.74 Å². The molecular formula is C22H37NO. The van der Waals surface area contributed by atoms with E-state index in [1.165, 1.54) is 49.7 Å². The Morgan fingerprint density at radius 3 is 2.25 bits per heavy atom. The standard InChI is InChI=1S/C22H37NO/c1-17(2)24-21-18(12-11-15-20(21)22(3,4)5)16-23(6)19-13-9-7-8-10-14-19/h11-12,15,17,19H,7-10,13-14,16H2,1-6H3. The number of hydrogen-bond donors (Lipinski definition) is 0. The highest BCUT2D eigenvalue weighted by molar-refractivity contribution is 5.45. The minimum atomic E-state index is 0.0983. The van der Waals surface area contributed by atoms with Crippen LogP contribution >= 0.6 is 0 Å². The van der Waals surface area contributed by atoms with Gasteiger partial charge in [-0.25, -0.2) is 0 Å². The van der Waals surface area contributed by atoms with Crippen molar-refractivity contribution in [1.29, 1.82) is 0 Å². The predicted octanol–water partition coefficient (Wildman–Crippen LogP) is 5.93. The molecule has 0 unspecified atom stereocenters. The van der Waals surface area contributed by atoms with E-state index in [0.717, 1.165) is 18.3 Å². The van der Waals surface area contributed by atoms with Gasteiger partial charge in [0.2, 0.25) is 0 Å². The van der Waals surface area contributed by atoms with Gasteiger partial charge in [0.25, 0.3) is 0 Å². The van der Waals surface area contributed by atoms with Crippen LogP contribution in [-0.4, -0.2) is 24.1 Å². The van der Waals surface area contributed by atoms with E-state index < -0.39 is 0 Å². The first-order chi connectivity index (χ1) is 11.3. The molecule has 0 bridgehead atoms. The van der Waals surface area contributed by atoms with Gasteiger partial charge in [-0.3, -0.25) is 4.90 Å². The van der Waals surface area contributed by atoms with Gasteiger partial charge >= 0.3 is 0 Å². The van der Waals surface area contributed by atoms with Crippen molar-refractivity contribution in [3.05, 3.63) is 29.3 Å². The normalized spacial score (nSPS) is 17.3. The first-order valence-electron chi connectivity index (χ1n) is 9.78. The number of hydrogen-bond acceptors (Lipinski definition) is 2. The van der Waals surface area contributed by atoms with E-state index in [-0.39, 0.29) is 11.5 Å². The SMILES string of the molecule is CC(C)Oc1c(CN(C)C2CCCCCC2)cccc1C(C)(C)C. The van der Waals surface area contributed by atoms with E-state index in [1.54, 1.807) is 0 Å². The van der Waals surface area contributed by atoms with Crippen molar-refractivity contribution in [2.24, 2.45) is 0 Å². The van der Waals surface area contributed by atoms with Crippen molar-refractivity contribution in [2.45, 2.75) is 97.2 Å². The number of para-hydroxylation sites is 1. The van der Waals surface area contributed by atoms with E-state index in [9.17, 15) is 0 Å². The first kappa shape index (κ1) is 19.3. The van der Waals surface area contributed by atoms with Gasteiger partial charge in [-0.1, -0.05) is 64.7 Å². The van der Waals surface area contributed by atoms with Crippen LogP contribution in [0.1, 0.15) is 84.3 Å². The molecule has 2 rings (SSSR count). The summed E-state index contributed by atoms with van der Waals surface area (Å²) in [5.41, 5.74) is 2.76. The lowest BCUT2D eigenvalue weighted by Gasteiger charge is -2.30. The molecule has 0 aromatic heterocycles. The summed E-state index contributed by atoms with van der Waals surface area (Å²) in [6.07, 6.45) is 8.47. The van der Waals surface area contributed by atoms with E-state index >= 15 is 0 Å². The number of benzene rings is 1. The molecule has 1 aromatic carbocycles. The quantitative estimate of drug-likeness (QED) is 0.620. The smallest absolute Gasteiger partial charge is 0.127 e. The van der Waals surface area contributed by atoms with Crippen LogP contribution in [0.5, 0.6) is 5.75 Å². The fourth-order valence-corrected chi connectivity index (χ4v) is 3.77. The lowest BCUT2D eigenvalue weighted by atomic mass is 9.85. The molecule has 0 saturated heterocycles. The lowest BCUT2D eigenvalue weighted by Crippen LogP contribution is -2.31. The first-order valence-corrected chi connectivity index (χ1v) is 9.78. The molecular weight excluding hydrogens is 294 g/mol. The van der Waals surface area contributed by atoms with E-state index in [0.29, 0.717) is 0 Å². The third kappa shape index (κ3) is 5.24. The molecule has 0 spiro atoms. The van der Waals surface area contributed by atoms with Gasteiger partial charge in [0, 0.05) is 18.2 Å². The van der Waals surface area contributed by atoms with Crippen LogP contribution in [0.25, 0.3) is 0 Å². The Morgan fingerprint density at radius 1 is 1.08 bits per heavy atom. The minimum Gasteiger partial charge on any atom is -0.490 e. The predicted molar refractivity (Wildman–Crippen MR) is 104 cm³/mol. The Hall–Kier alpha value is -1.02. The highest BCUT2D eigenvalue weighted by Crippen LogP contribution is 2.36. The molecule has 0 atom stereocenters. The monoisotopic (exact) mass is 331 g/mol. The molecule has 24 heavy (non-hydrogen) atoms. The summed E-state index contributed by atoms with van der Waals surface area (Å²) in [6.45, 7) is 12.0. The van der Waals surface area contributed by atoms with Crippen molar-refractivity contribution in [1.82, 2.24) is 4.90 Å². The van der Waals surface area contributed by atoms with Crippen LogP contribution in [-0.2, 0) is 12.0 Å². The summed E-state index contributed by atoms with van der Waals surface area (Å²) >= 11 is 0. The molecule has 0 amide bonds. The highest BCUT2D eigenvalue weighted by atomic mass is 16.5. The zero-order chi connectivity index (χ0) is 17.7. The number of rotatable bonds is 5. The fourth-order valence-electron chi connectivity index (χ4n) is 3.77. The molecule has 1 saturated carbocycles. The minimum absolute atomic E-state index is 0.0983. The molecule has 1 aliphatic rings. The Balaban J connectivity index is 2.24. The zero-order valence-electron chi connectivity index (χ0n) is 16.7. The number of nitrogens with zero attached hydrogens (tertiary/aromatic N) is 1. The topological polar surface area (TPSA) is 12.5 Å². The molecule has 0 radical (unpaired) electrons. The van der Waals surface area contributed by atoms with Crippen molar-refractivity contribution < 1.29 is 4.74 Å². The largest absolute Gasteiger partial charge is 0.490 e. The van der Waals surface area contributed by atoms with Crippen molar-refractivity contribution in [2.75, 3.05) is 7.05 Å². The third-order valence-electron chi connectivity index (χ3n) is 5.13. The Kier molecular flexibility index (Phi) is 6.74. The average molecular weight is 332 g/mol. The Morgan fingerprint density at radius 2 is 1.71 bits per heavy atom. The molecule has 0 N–H and O–H groups in total. The van der Waals surface area contributed by atoms with Crippen LogP contribution in [0.3, 0.4) is 0 Å². The summed E-state index contributed by atoms with van der Waals surface area (Å²) in [5.74, 6) is 1.11. The van der Waals surface area contributed by atoms with E-state index in [2.05, 4.69) is 64.8 Å². The van der Waals surface area contributed by atoms with Crippen LogP contribution < -0.4 is 4.74 Å². The summed E-state index contributed by atoms with van der Waals surface area (Å²) in [5, 5.41) is 0. The molecule has 0 aliphatic heterocycles. The maximum Gasteiger partial charge on any atom is 0.127 e. The Labute approximate surface area is 149 Å². The Bertz CT molecular complexity index is 507. The van der Waals surface area contributed by atoms with E-state index in [1.807, 2.05) is 0 Å². The molecule has 1 aromatic rings. The van der Waals surface area contributed by atoms with Crippen LogP contribution in [0.2, 0.25) is 0 Å². The summed E-state index contributed by atoms with van der Waals surface area (Å²) < 4.78 is 6.29. The van der Waals surface area contributed by atoms with Gasteiger partial charge < -0.3 is 4.74 Å². The molecule has 2 nitrogen and oxygen atoms in total. The number of ether oxygens (including phenoxy) is 1.